The number of H-pyrrole nitrogens is 1. The molecule has 2 N–H and O–H groups in total. The van der Waals surface area contributed by atoms with Crippen LogP contribution in [0.15, 0.2) is 54.6 Å². The lowest BCUT2D eigenvalue weighted by Gasteiger charge is -2.16. The number of anilines is 1. The van der Waals surface area contributed by atoms with Gasteiger partial charge in [0.15, 0.2) is 0 Å². The van der Waals surface area contributed by atoms with E-state index >= 15 is 0 Å². The molecule has 0 radical (unpaired) electrons. The van der Waals surface area contributed by atoms with Crippen molar-refractivity contribution < 1.29 is 9.53 Å². The molecule has 1 aliphatic rings. The molecule has 1 aliphatic heterocycles. The molecule has 1 fully saturated rings. The highest BCUT2D eigenvalue weighted by atomic mass is 16.5. The molecule has 1 atom stereocenters. The van der Waals surface area contributed by atoms with Gasteiger partial charge in [-0.15, -0.1) is 10.2 Å². The van der Waals surface area contributed by atoms with Crippen molar-refractivity contribution in [3.8, 4) is 11.4 Å². The molecule has 1 aromatic heterocycles. The van der Waals surface area contributed by atoms with Crippen molar-refractivity contribution in [3.63, 3.8) is 0 Å². The topological polar surface area (TPSA) is 96.0 Å². The smallest absolute Gasteiger partial charge is 0.238 e. The van der Waals surface area contributed by atoms with E-state index in [0.717, 1.165) is 37.4 Å². The number of amides is 1. The van der Waals surface area contributed by atoms with Crippen LogP contribution in [-0.2, 0) is 16.1 Å². The third-order valence-electron chi connectivity index (χ3n) is 4.95. The van der Waals surface area contributed by atoms with E-state index in [1.807, 2.05) is 42.5 Å². The van der Waals surface area contributed by atoms with Gasteiger partial charge in [0.2, 0.25) is 11.7 Å². The number of benzene rings is 2. The number of ether oxygens (including phenoxy) is 1. The molecule has 2 heterocycles. The van der Waals surface area contributed by atoms with Crippen LogP contribution in [0.3, 0.4) is 0 Å². The molecule has 0 aliphatic carbocycles. The first-order chi connectivity index (χ1) is 14.3. The fourth-order valence-electron chi connectivity index (χ4n) is 3.53. The van der Waals surface area contributed by atoms with E-state index in [0.29, 0.717) is 24.9 Å². The molecule has 8 heteroatoms. The molecule has 0 bridgehead atoms. The minimum Gasteiger partial charge on any atom is -0.376 e. The van der Waals surface area contributed by atoms with Gasteiger partial charge in [0.1, 0.15) is 0 Å². The second-order valence-electron chi connectivity index (χ2n) is 7.25. The highest BCUT2D eigenvalue weighted by Crippen LogP contribution is 2.19. The zero-order valence-corrected chi connectivity index (χ0v) is 16.1. The van der Waals surface area contributed by atoms with Crippen LogP contribution in [-0.4, -0.2) is 57.7 Å². The number of carbonyl (C=O) groups is 1. The fourth-order valence-corrected chi connectivity index (χ4v) is 3.53. The summed E-state index contributed by atoms with van der Waals surface area (Å²) in [7, 11) is 0. The zero-order valence-electron chi connectivity index (χ0n) is 16.1. The number of tetrazole rings is 1. The zero-order chi connectivity index (χ0) is 19.9. The number of aromatic nitrogens is 4. The maximum Gasteiger partial charge on any atom is 0.238 e. The minimum atomic E-state index is -0.0267. The van der Waals surface area contributed by atoms with Crippen LogP contribution in [0.25, 0.3) is 11.4 Å². The Kier molecular flexibility index (Phi) is 6.23. The Morgan fingerprint density at radius 1 is 1.21 bits per heavy atom. The lowest BCUT2D eigenvalue weighted by atomic mass is 10.1. The molecule has 8 nitrogen and oxygen atoms in total. The van der Waals surface area contributed by atoms with Gasteiger partial charge in [0, 0.05) is 17.8 Å². The Hall–Kier alpha value is -3.10. The fraction of sp³-hybridized carbons (Fsp3) is 0.333. The van der Waals surface area contributed by atoms with Crippen molar-refractivity contribution in [2.45, 2.75) is 13.0 Å². The molecule has 0 saturated carbocycles. The molecular weight excluding hydrogens is 368 g/mol. The summed E-state index contributed by atoms with van der Waals surface area (Å²) in [6.07, 6.45) is 1.05. The molecular formula is C21H24N6O2. The Labute approximate surface area is 169 Å². The number of likely N-dealkylation sites (tertiary alicyclic amines) is 1. The van der Waals surface area contributed by atoms with Gasteiger partial charge in [0.25, 0.3) is 0 Å². The van der Waals surface area contributed by atoms with Crippen LogP contribution in [0.5, 0.6) is 0 Å². The van der Waals surface area contributed by atoms with Crippen LogP contribution >= 0.6 is 0 Å². The number of carbonyl (C=O) groups excluding carboxylic acids is 1. The Balaban J connectivity index is 1.21. The standard InChI is InChI=1S/C21H24N6O2/c28-20(22-19-8-4-7-18(11-19)21-23-25-26-24-21)13-27-10-9-17(12-27)15-29-14-16-5-2-1-3-6-16/h1-8,11,17H,9-10,12-15H2,(H,22,28)(H,23,24,25,26). The van der Waals surface area contributed by atoms with Gasteiger partial charge in [-0.1, -0.05) is 42.5 Å². The van der Waals surface area contributed by atoms with E-state index in [1.165, 1.54) is 5.56 Å². The Morgan fingerprint density at radius 3 is 2.93 bits per heavy atom. The average molecular weight is 392 g/mol. The first-order valence-electron chi connectivity index (χ1n) is 9.74. The summed E-state index contributed by atoms with van der Waals surface area (Å²) in [6.45, 7) is 3.52. The second-order valence-corrected chi connectivity index (χ2v) is 7.25. The maximum atomic E-state index is 12.4. The second kappa shape index (κ2) is 9.40. The van der Waals surface area contributed by atoms with Crippen molar-refractivity contribution in [1.82, 2.24) is 25.5 Å². The first-order valence-corrected chi connectivity index (χ1v) is 9.74. The molecule has 4 rings (SSSR count). The van der Waals surface area contributed by atoms with Crippen LogP contribution in [0.4, 0.5) is 5.69 Å². The summed E-state index contributed by atoms with van der Waals surface area (Å²) < 4.78 is 5.85. The number of nitrogens with zero attached hydrogens (tertiary/aromatic N) is 4. The van der Waals surface area contributed by atoms with Gasteiger partial charge in [-0.2, -0.15) is 5.21 Å². The predicted octanol–water partition coefficient (Wildman–Crippen LogP) is 2.34. The molecule has 150 valence electrons. The van der Waals surface area contributed by atoms with Gasteiger partial charge >= 0.3 is 0 Å². The first kappa shape index (κ1) is 19.2. The number of nitrogens with one attached hydrogen (secondary N) is 2. The Bertz CT molecular complexity index is 916. The van der Waals surface area contributed by atoms with Crippen LogP contribution < -0.4 is 5.32 Å². The van der Waals surface area contributed by atoms with E-state index in [1.54, 1.807) is 0 Å². The van der Waals surface area contributed by atoms with Crippen molar-refractivity contribution in [3.05, 3.63) is 60.2 Å². The van der Waals surface area contributed by atoms with E-state index in [2.05, 4.69) is 43.0 Å². The summed E-state index contributed by atoms with van der Waals surface area (Å²) in [6, 6.07) is 17.6. The van der Waals surface area contributed by atoms with E-state index in [-0.39, 0.29) is 5.91 Å². The van der Waals surface area contributed by atoms with Crippen molar-refractivity contribution in [2.75, 3.05) is 31.6 Å². The summed E-state index contributed by atoms with van der Waals surface area (Å²) in [5, 5.41) is 16.9. The lowest BCUT2D eigenvalue weighted by molar-refractivity contribution is -0.117. The van der Waals surface area contributed by atoms with Crippen LogP contribution in [0, 0.1) is 5.92 Å². The van der Waals surface area contributed by atoms with E-state index in [9.17, 15) is 4.79 Å². The molecule has 1 unspecified atom stereocenters. The summed E-state index contributed by atoms with van der Waals surface area (Å²) in [4.78, 5) is 14.6. The van der Waals surface area contributed by atoms with Gasteiger partial charge in [-0.25, -0.2) is 0 Å². The Morgan fingerprint density at radius 2 is 2.10 bits per heavy atom. The number of rotatable bonds is 8. The van der Waals surface area contributed by atoms with E-state index < -0.39 is 0 Å². The number of aromatic amines is 1. The lowest BCUT2D eigenvalue weighted by Crippen LogP contribution is -2.32. The number of hydrogen-bond acceptors (Lipinski definition) is 6. The summed E-state index contributed by atoms with van der Waals surface area (Å²) in [5.41, 5.74) is 2.71. The molecule has 1 amide bonds. The monoisotopic (exact) mass is 392 g/mol. The summed E-state index contributed by atoms with van der Waals surface area (Å²) >= 11 is 0. The van der Waals surface area contributed by atoms with Crippen molar-refractivity contribution in [1.29, 1.82) is 0 Å². The normalized spacial score (nSPS) is 16.8. The van der Waals surface area contributed by atoms with Gasteiger partial charge in [-0.05, 0) is 41.8 Å². The van der Waals surface area contributed by atoms with Gasteiger partial charge in [0.05, 0.1) is 19.8 Å². The molecule has 0 spiro atoms. The molecule has 1 saturated heterocycles. The summed E-state index contributed by atoms with van der Waals surface area (Å²) in [5.74, 6) is 0.938. The van der Waals surface area contributed by atoms with Gasteiger partial charge in [-0.3, -0.25) is 9.69 Å². The molecule has 29 heavy (non-hydrogen) atoms. The van der Waals surface area contributed by atoms with Crippen LogP contribution in [0.1, 0.15) is 12.0 Å². The third-order valence-corrected chi connectivity index (χ3v) is 4.95. The van der Waals surface area contributed by atoms with Crippen LogP contribution in [0.2, 0.25) is 0 Å². The minimum absolute atomic E-state index is 0.0267. The van der Waals surface area contributed by atoms with Crippen molar-refractivity contribution >= 4 is 11.6 Å². The number of hydrogen-bond donors (Lipinski definition) is 2. The third kappa shape index (κ3) is 5.46. The average Bonchev–Trinajstić information content (AvgIpc) is 3.41. The highest BCUT2D eigenvalue weighted by molar-refractivity contribution is 5.92. The highest BCUT2D eigenvalue weighted by Gasteiger charge is 2.24. The molecule has 3 aromatic rings. The predicted molar refractivity (Wildman–Crippen MR) is 109 cm³/mol. The maximum absolute atomic E-state index is 12.4. The van der Waals surface area contributed by atoms with Crippen molar-refractivity contribution in [2.24, 2.45) is 5.92 Å². The largest absolute Gasteiger partial charge is 0.376 e. The van der Waals surface area contributed by atoms with E-state index in [4.69, 9.17) is 4.74 Å². The SMILES string of the molecule is O=C(CN1CCC(COCc2ccccc2)C1)Nc1cccc(-c2nn[nH]n2)c1. The molecule has 2 aromatic carbocycles. The quantitative estimate of drug-likeness (QED) is 0.611. The van der Waals surface area contributed by atoms with Gasteiger partial charge < -0.3 is 10.1 Å².